The van der Waals surface area contributed by atoms with Gasteiger partial charge in [0.1, 0.15) is 4.90 Å². The molecule has 27 heavy (non-hydrogen) atoms. The third-order valence-corrected chi connectivity index (χ3v) is 4.93. The summed E-state index contributed by atoms with van der Waals surface area (Å²) in [6.07, 6.45) is 1.86. The first-order chi connectivity index (χ1) is 12.5. The fraction of sp³-hybridized carbons (Fsp3) is 0.250. The lowest BCUT2D eigenvalue weighted by Crippen LogP contribution is -2.16. The number of fused-ring (bicyclic) bond motifs is 1. The summed E-state index contributed by atoms with van der Waals surface area (Å²) in [5, 5.41) is 5.96. The quantitative estimate of drug-likeness (QED) is 0.689. The van der Waals surface area contributed by atoms with Gasteiger partial charge in [-0.15, -0.1) is 0 Å². The van der Waals surface area contributed by atoms with Gasteiger partial charge in [-0.1, -0.05) is 11.6 Å². The minimum absolute atomic E-state index is 0.0252. The Balaban J connectivity index is 2.22. The number of methoxy groups -OCH3 is 1. The number of nitrogens with zero attached hydrogens (tertiary/aromatic N) is 3. The maximum absolute atomic E-state index is 13.3. The predicted octanol–water partition coefficient (Wildman–Crippen LogP) is 2.93. The Hall–Kier alpha value is -2.30. The number of aromatic nitrogens is 3. The number of hydrogen-bond donors (Lipinski definition) is 1. The van der Waals surface area contributed by atoms with Crippen molar-refractivity contribution < 1.29 is 21.9 Å². The summed E-state index contributed by atoms with van der Waals surface area (Å²) in [5.74, 6) is -2.98. The van der Waals surface area contributed by atoms with E-state index < -0.39 is 22.4 Å². The van der Waals surface area contributed by atoms with Crippen molar-refractivity contribution in [2.45, 2.75) is 24.2 Å². The van der Waals surface area contributed by atoms with Gasteiger partial charge in [0.25, 0.3) is 0 Å². The molecule has 0 radical (unpaired) electrons. The lowest BCUT2D eigenvalue weighted by atomic mass is 10.1. The van der Waals surface area contributed by atoms with Crippen LogP contribution in [0, 0.1) is 0 Å². The molecule has 0 aliphatic heterocycles. The van der Waals surface area contributed by atoms with Crippen molar-refractivity contribution in [3.05, 3.63) is 41.2 Å². The molecule has 0 fully saturated rings. The summed E-state index contributed by atoms with van der Waals surface area (Å²) in [6, 6.07) is 4.56. The highest BCUT2D eigenvalue weighted by Gasteiger charge is 2.26. The SMILES string of the molecule is COc1nc(-n2cc(S(N)(=O)=O)c3ccc(Cl)cc32)ncc1CC(C)(F)F. The Bertz CT molecular complexity index is 1130. The fourth-order valence-corrected chi connectivity index (χ4v) is 3.59. The number of hydrogen-bond acceptors (Lipinski definition) is 5. The molecule has 0 aliphatic carbocycles. The van der Waals surface area contributed by atoms with Gasteiger partial charge >= 0.3 is 0 Å². The predicted molar refractivity (Wildman–Crippen MR) is 96.1 cm³/mol. The molecule has 0 saturated heterocycles. The Morgan fingerprint density at radius 3 is 2.67 bits per heavy atom. The minimum atomic E-state index is -4.03. The van der Waals surface area contributed by atoms with Crippen LogP contribution in [0.2, 0.25) is 5.02 Å². The summed E-state index contributed by atoms with van der Waals surface area (Å²) in [6.45, 7) is 0.778. The summed E-state index contributed by atoms with van der Waals surface area (Å²) in [4.78, 5) is 8.08. The molecule has 3 aromatic rings. The molecule has 144 valence electrons. The van der Waals surface area contributed by atoms with Crippen LogP contribution in [0.3, 0.4) is 0 Å². The fourth-order valence-electron chi connectivity index (χ4n) is 2.69. The smallest absolute Gasteiger partial charge is 0.249 e. The zero-order valence-electron chi connectivity index (χ0n) is 14.3. The van der Waals surface area contributed by atoms with E-state index in [0.717, 1.165) is 6.92 Å². The summed E-state index contributed by atoms with van der Waals surface area (Å²) < 4.78 is 56.9. The van der Waals surface area contributed by atoms with E-state index in [1.165, 1.54) is 42.3 Å². The third-order valence-electron chi connectivity index (χ3n) is 3.76. The molecule has 2 aromatic heterocycles. The molecule has 3 rings (SSSR count). The average molecular weight is 417 g/mol. The van der Waals surface area contributed by atoms with Crippen molar-refractivity contribution in [3.63, 3.8) is 0 Å². The lowest BCUT2D eigenvalue weighted by molar-refractivity contribution is 0.0218. The molecule has 0 amide bonds. The molecule has 2 heterocycles. The van der Waals surface area contributed by atoms with Gasteiger partial charge in [0.05, 0.1) is 12.6 Å². The molecule has 7 nitrogen and oxygen atoms in total. The Kier molecular flexibility index (Phi) is 4.83. The van der Waals surface area contributed by atoms with Crippen LogP contribution >= 0.6 is 11.6 Å². The van der Waals surface area contributed by atoms with Crippen LogP contribution < -0.4 is 9.88 Å². The molecule has 11 heteroatoms. The topological polar surface area (TPSA) is 100 Å². The normalized spacial score (nSPS) is 12.5. The van der Waals surface area contributed by atoms with E-state index >= 15 is 0 Å². The van der Waals surface area contributed by atoms with Crippen LogP contribution in [0.1, 0.15) is 12.5 Å². The maximum atomic E-state index is 13.3. The van der Waals surface area contributed by atoms with E-state index in [4.69, 9.17) is 21.5 Å². The minimum Gasteiger partial charge on any atom is -0.481 e. The van der Waals surface area contributed by atoms with E-state index in [1.54, 1.807) is 0 Å². The Labute approximate surface area is 158 Å². The standard InChI is InChI=1S/C16H15ClF2N4O3S/c1-16(18,19)6-9-7-21-15(22-14(9)26-2)23-8-13(27(20,24)25)11-4-3-10(17)5-12(11)23/h3-5,7-8H,6H2,1-2H3,(H2,20,24,25). The molecule has 0 unspecified atom stereocenters. The van der Waals surface area contributed by atoms with Crippen LogP contribution in [0.25, 0.3) is 16.9 Å². The van der Waals surface area contributed by atoms with E-state index in [2.05, 4.69) is 9.97 Å². The second-order valence-corrected chi connectivity index (χ2v) is 7.99. The lowest BCUT2D eigenvalue weighted by Gasteiger charge is -2.13. The molecule has 0 spiro atoms. The van der Waals surface area contributed by atoms with E-state index in [-0.39, 0.29) is 22.3 Å². The second kappa shape index (κ2) is 6.70. The number of benzene rings is 1. The summed E-state index contributed by atoms with van der Waals surface area (Å²) in [7, 11) is -2.73. The third kappa shape index (κ3) is 4.02. The average Bonchev–Trinajstić information content (AvgIpc) is 2.92. The van der Waals surface area contributed by atoms with E-state index in [0.29, 0.717) is 15.9 Å². The van der Waals surface area contributed by atoms with Crippen molar-refractivity contribution in [1.29, 1.82) is 0 Å². The molecule has 0 bridgehead atoms. The molecule has 0 aliphatic rings. The molecule has 1 aromatic carbocycles. The van der Waals surface area contributed by atoms with Gasteiger partial charge in [-0.25, -0.2) is 27.3 Å². The number of rotatable bonds is 5. The van der Waals surface area contributed by atoms with Gasteiger partial charge < -0.3 is 4.74 Å². The number of alkyl halides is 2. The Morgan fingerprint density at radius 2 is 2.07 bits per heavy atom. The molecule has 0 atom stereocenters. The summed E-state index contributed by atoms with van der Waals surface area (Å²) >= 11 is 6.02. The van der Waals surface area contributed by atoms with Crippen LogP contribution in [0.15, 0.2) is 35.5 Å². The number of nitrogens with two attached hydrogens (primary N) is 1. The van der Waals surface area contributed by atoms with Crippen molar-refractivity contribution in [1.82, 2.24) is 14.5 Å². The monoisotopic (exact) mass is 416 g/mol. The molecule has 0 saturated carbocycles. The maximum Gasteiger partial charge on any atom is 0.249 e. The van der Waals surface area contributed by atoms with Crippen LogP contribution in [0.5, 0.6) is 5.88 Å². The number of sulfonamides is 1. The van der Waals surface area contributed by atoms with Crippen molar-refractivity contribution >= 4 is 32.5 Å². The highest BCUT2D eigenvalue weighted by molar-refractivity contribution is 7.89. The molecule has 2 N–H and O–H groups in total. The van der Waals surface area contributed by atoms with Crippen molar-refractivity contribution in [3.8, 4) is 11.8 Å². The van der Waals surface area contributed by atoms with Gasteiger partial charge in [-0.05, 0) is 25.1 Å². The van der Waals surface area contributed by atoms with E-state index in [1.807, 2.05) is 0 Å². The first-order valence-corrected chi connectivity index (χ1v) is 9.53. The van der Waals surface area contributed by atoms with E-state index in [9.17, 15) is 17.2 Å². The Morgan fingerprint density at radius 1 is 1.37 bits per heavy atom. The zero-order chi connectivity index (χ0) is 20.0. The zero-order valence-corrected chi connectivity index (χ0v) is 15.9. The van der Waals surface area contributed by atoms with Crippen molar-refractivity contribution in [2.75, 3.05) is 7.11 Å². The first kappa shape index (κ1) is 19.5. The van der Waals surface area contributed by atoms with Crippen LogP contribution in [-0.4, -0.2) is 36.0 Å². The first-order valence-electron chi connectivity index (χ1n) is 7.61. The number of halogens is 3. The van der Waals surface area contributed by atoms with Gasteiger partial charge in [0.15, 0.2) is 0 Å². The molecular formula is C16H15ClF2N4O3S. The van der Waals surface area contributed by atoms with Crippen molar-refractivity contribution in [2.24, 2.45) is 5.14 Å². The molecular weight excluding hydrogens is 402 g/mol. The highest BCUT2D eigenvalue weighted by Crippen LogP contribution is 2.30. The van der Waals surface area contributed by atoms with Gasteiger partial charge in [0.2, 0.25) is 27.8 Å². The second-order valence-electron chi connectivity index (χ2n) is 6.02. The van der Waals surface area contributed by atoms with Gasteiger partial charge in [-0.3, -0.25) is 4.57 Å². The summed E-state index contributed by atoms with van der Waals surface area (Å²) in [5.41, 5.74) is 0.511. The number of ether oxygens (including phenoxy) is 1. The highest BCUT2D eigenvalue weighted by atomic mass is 35.5. The van der Waals surface area contributed by atoms with Crippen LogP contribution in [-0.2, 0) is 16.4 Å². The van der Waals surface area contributed by atoms with Gasteiger partial charge in [-0.2, -0.15) is 4.98 Å². The van der Waals surface area contributed by atoms with Gasteiger partial charge in [0, 0.05) is 34.8 Å². The van der Waals surface area contributed by atoms with Crippen LogP contribution in [0.4, 0.5) is 8.78 Å². The largest absolute Gasteiger partial charge is 0.481 e. The number of primary sulfonamides is 1.